The minimum absolute atomic E-state index is 0.0311. The zero-order chi connectivity index (χ0) is 18.3. The normalized spacial score (nSPS) is 18.9. The average Bonchev–Trinajstić information content (AvgIpc) is 3.23. The molecular weight excluding hydrogens is 334 g/mol. The quantitative estimate of drug-likeness (QED) is 0.888. The monoisotopic (exact) mass is 355 g/mol. The van der Waals surface area contributed by atoms with E-state index in [4.69, 9.17) is 0 Å². The van der Waals surface area contributed by atoms with Crippen molar-refractivity contribution in [2.45, 2.75) is 31.9 Å². The molecule has 2 aromatic rings. The second kappa shape index (κ2) is 6.53. The van der Waals surface area contributed by atoms with Gasteiger partial charge in [-0.05, 0) is 37.6 Å². The van der Waals surface area contributed by atoms with Crippen molar-refractivity contribution in [2.24, 2.45) is 0 Å². The van der Waals surface area contributed by atoms with Gasteiger partial charge < -0.3 is 14.9 Å². The molecule has 0 aliphatic carbocycles. The van der Waals surface area contributed by atoms with E-state index in [0.29, 0.717) is 30.8 Å². The number of carbonyl (C=O) groups excluding carboxylic acids is 2. The summed E-state index contributed by atoms with van der Waals surface area (Å²) in [6.07, 6.45) is 2.55. The second-order valence-electron chi connectivity index (χ2n) is 6.86. The molecule has 1 aromatic carbocycles. The second-order valence-corrected chi connectivity index (χ2v) is 6.86. The van der Waals surface area contributed by atoms with Crippen molar-refractivity contribution in [1.82, 2.24) is 19.9 Å². The third-order valence-corrected chi connectivity index (χ3v) is 4.98. The van der Waals surface area contributed by atoms with Gasteiger partial charge in [-0.15, -0.1) is 5.10 Å². The Labute approximate surface area is 151 Å². The van der Waals surface area contributed by atoms with Gasteiger partial charge >= 0.3 is 0 Å². The van der Waals surface area contributed by atoms with Gasteiger partial charge in [0, 0.05) is 37.3 Å². The van der Waals surface area contributed by atoms with E-state index in [1.165, 1.54) is 0 Å². The highest BCUT2D eigenvalue weighted by molar-refractivity contribution is 5.97. The molecule has 8 nitrogen and oxygen atoms in total. The van der Waals surface area contributed by atoms with Gasteiger partial charge in [0.15, 0.2) is 0 Å². The Morgan fingerprint density at radius 2 is 2.00 bits per heavy atom. The first-order valence-corrected chi connectivity index (χ1v) is 8.82. The molecule has 8 heteroatoms. The molecule has 26 heavy (non-hydrogen) atoms. The van der Waals surface area contributed by atoms with Crippen LogP contribution < -0.4 is 4.90 Å². The van der Waals surface area contributed by atoms with E-state index in [9.17, 15) is 14.7 Å². The predicted octanol–water partition coefficient (Wildman–Crippen LogP) is 1.16. The summed E-state index contributed by atoms with van der Waals surface area (Å²) < 4.78 is 1.70. The van der Waals surface area contributed by atoms with Crippen LogP contribution in [0.25, 0.3) is 0 Å². The first-order chi connectivity index (χ1) is 12.5. The lowest BCUT2D eigenvalue weighted by atomic mass is 10.1. The number of likely N-dealkylation sites (tertiary alicyclic amines) is 1. The molecule has 0 radical (unpaired) electrons. The van der Waals surface area contributed by atoms with Crippen LogP contribution in [-0.4, -0.2) is 56.4 Å². The molecule has 0 saturated carbocycles. The number of aliphatic hydroxyl groups is 1. The van der Waals surface area contributed by atoms with E-state index in [1.54, 1.807) is 39.7 Å². The van der Waals surface area contributed by atoms with Gasteiger partial charge in [-0.3, -0.25) is 9.59 Å². The summed E-state index contributed by atoms with van der Waals surface area (Å²) in [7, 11) is 0. The molecule has 4 rings (SSSR count). The van der Waals surface area contributed by atoms with Gasteiger partial charge in [0.25, 0.3) is 5.91 Å². The summed E-state index contributed by atoms with van der Waals surface area (Å²) in [6, 6.07) is 7.30. The largest absolute Gasteiger partial charge is 0.387 e. The molecule has 0 bridgehead atoms. The maximum atomic E-state index is 12.6. The summed E-state index contributed by atoms with van der Waals surface area (Å²) in [5.41, 5.74) is 1.99. The lowest BCUT2D eigenvalue weighted by Crippen LogP contribution is -2.50. The maximum absolute atomic E-state index is 12.6. The predicted molar refractivity (Wildman–Crippen MR) is 93.6 cm³/mol. The fourth-order valence-electron chi connectivity index (χ4n) is 3.34. The highest BCUT2D eigenvalue weighted by atomic mass is 16.3. The molecule has 2 amide bonds. The van der Waals surface area contributed by atoms with Crippen LogP contribution in [0.1, 0.15) is 48.0 Å². The van der Waals surface area contributed by atoms with Gasteiger partial charge in [0.1, 0.15) is 5.69 Å². The number of hydrogen-bond donors (Lipinski definition) is 1. The molecule has 3 heterocycles. The zero-order valence-electron chi connectivity index (χ0n) is 14.6. The van der Waals surface area contributed by atoms with Crippen molar-refractivity contribution in [3.8, 4) is 0 Å². The van der Waals surface area contributed by atoms with Crippen LogP contribution >= 0.6 is 0 Å². The number of aliphatic hydroxyl groups excluding tert-OH is 1. The number of carbonyl (C=O) groups is 2. The van der Waals surface area contributed by atoms with Crippen LogP contribution in [0, 0.1) is 0 Å². The molecule has 1 aromatic heterocycles. The highest BCUT2D eigenvalue weighted by Gasteiger charge is 2.33. The van der Waals surface area contributed by atoms with Crippen molar-refractivity contribution in [3.63, 3.8) is 0 Å². The van der Waals surface area contributed by atoms with Crippen LogP contribution in [0.5, 0.6) is 0 Å². The van der Waals surface area contributed by atoms with Gasteiger partial charge in [-0.25, -0.2) is 4.68 Å². The smallest absolute Gasteiger partial charge is 0.254 e. The molecule has 2 aliphatic heterocycles. The number of hydrogen-bond acceptors (Lipinski definition) is 5. The van der Waals surface area contributed by atoms with Crippen LogP contribution in [-0.2, 0) is 4.79 Å². The van der Waals surface area contributed by atoms with Crippen LogP contribution in [0.4, 0.5) is 5.69 Å². The molecule has 2 aliphatic rings. The fourth-order valence-corrected chi connectivity index (χ4v) is 3.34. The van der Waals surface area contributed by atoms with Crippen molar-refractivity contribution in [2.75, 3.05) is 24.5 Å². The standard InChI is InChI=1S/C18H21N5O3/c1-12(24)16-11-23(20-19-16)15-9-21(10-15)18(26)13-4-6-14(7-5-13)22-8-2-3-17(22)25/h4-7,11-12,15,24H,2-3,8-10H2,1H3. The number of anilines is 1. The molecule has 1 N–H and O–H groups in total. The van der Waals surface area contributed by atoms with Gasteiger partial charge in [-0.2, -0.15) is 0 Å². The summed E-state index contributed by atoms with van der Waals surface area (Å²) in [6.45, 7) is 3.51. The molecular formula is C18H21N5O3. The molecule has 0 spiro atoms. The number of benzene rings is 1. The summed E-state index contributed by atoms with van der Waals surface area (Å²) in [4.78, 5) is 27.9. The fraction of sp³-hybridized carbons (Fsp3) is 0.444. The Balaban J connectivity index is 1.37. The zero-order valence-corrected chi connectivity index (χ0v) is 14.6. The first-order valence-electron chi connectivity index (χ1n) is 8.82. The third kappa shape index (κ3) is 2.96. The molecule has 136 valence electrons. The number of amides is 2. The minimum Gasteiger partial charge on any atom is -0.387 e. The summed E-state index contributed by atoms with van der Waals surface area (Å²) >= 11 is 0. The third-order valence-electron chi connectivity index (χ3n) is 4.98. The average molecular weight is 355 g/mol. The Hall–Kier alpha value is -2.74. The van der Waals surface area contributed by atoms with E-state index in [-0.39, 0.29) is 17.9 Å². The van der Waals surface area contributed by atoms with Crippen molar-refractivity contribution in [3.05, 3.63) is 41.7 Å². The maximum Gasteiger partial charge on any atom is 0.254 e. The number of nitrogens with zero attached hydrogens (tertiary/aromatic N) is 5. The molecule has 2 saturated heterocycles. The lowest BCUT2D eigenvalue weighted by molar-refractivity contribution is -0.117. The Bertz CT molecular complexity index is 824. The minimum atomic E-state index is -0.650. The first kappa shape index (κ1) is 16.7. The van der Waals surface area contributed by atoms with Crippen LogP contribution in [0.2, 0.25) is 0 Å². The van der Waals surface area contributed by atoms with Crippen molar-refractivity contribution in [1.29, 1.82) is 0 Å². The van der Waals surface area contributed by atoms with E-state index in [0.717, 1.165) is 18.7 Å². The lowest BCUT2D eigenvalue weighted by Gasteiger charge is -2.38. The molecule has 2 fully saturated rings. The summed E-state index contributed by atoms with van der Waals surface area (Å²) in [5.74, 6) is 0.107. The van der Waals surface area contributed by atoms with Gasteiger partial charge in [0.2, 0.25) is 5.91 Å². The SMILES string of the molecule is CC(O)c1cn(C2CN(C(=O)c3ccc(N4CCCC4=O)cc3)C2)nn1. The Morgan fingerprint density at radius 3 is 2.58 bits per heavy atom. The summed E-state index contributed by atoms with van der Waals surface area (Å²) in [5, 5.41) is 17.5. The molecule has 1 unspecified atom stereocenters. The Morgan fingerprint density at radius 1 is 1.27 bits per heavy atom. The van der Waals surface area contributed by atoms with Crippen LogP contribution in [0.15, 0.2) is 30.5 Å². The highest BCUT2D eigenvalue weighted by Crippen LogP contribution is 2.25. The van der Waals surface area contributed by atoms with E-state index in [2.05, 4.69) is 10.3 Å². The van der Waals surface area contributed by atoms with Gasteiger partial charge in [0.05, 0.1) is 18.3 Å². The number of aromatic nitrogens is 3. The van der Waals surface area contributed by atoms with E-state index in [1.807, 2.05) is 12.1 Å². The van der Waals surface area contributed by atoms with E-state index < -0.39 is 6.10 Å². The van der Waals surface area contributed by atoms with E-state index >= 15 is 0 Å². The van der Waals surface area contributed by atoms with Gasteiger partial charge in [-0.1, -0.05) is 5.21 Å². The Kier molecular flexibility index (Phi) is 4.20. The number of rotatable bonds is 4. The van der Waals surface area contributed by atoms with Crippen molar-refractivity contribution < 1.29 is 14.7 Å². The van der Waals surface area contributed by atoms with Crippen molar-refractivity contribution >= 4 is 17.5 Å². The van der Waals surface area contributed by atoms with Crippen LogP contribution in [0.3, 0.4) is 0 Å². The topological polar surface area (TPSA) is 91.6 Å². The molecule has 1 atom stereocenters.